The van der Waals surface area contributed by atoms with Gasteiger partial charge >= 0.3 is 0 Å². The zero-order chi connectivity index (χ0) is 6.91. The minimum atomic E-state index is -0.531. The standard InChI is InChI=1S/C7H15NO.ClH/c1-7(2,9)6-4-3-5-8-6;/h6,8-9H,3-5H2,1-2H3;1H/t6-;/m0./s1. The summed E-state index contributed by atoms with van der Waals surface area (Å²) in [5.74, 6) is 0. The Labute approximate surface area is 68.4 Å². The predicted molar refractivity (Wildman–Crippen MR) is 44.6 cm³/mol. The monoisotopic (exact) mass is 165 g/mol. The van der Waals surface area contributed by atoms with E-state index in [1.165, 1.54) is 6.42 Å². The second kappa shape index (κ2) is 3.56. The van der Waals surface area contributed by atoms with E-state index < -0.39 is 5.60 Å². The molecule has 1 atom stereocenters. The molecule has 1 rings (SSSR count). The molecular formula is C7H16ClNO. The van der Waals surface area contributed by atoms with E-state index in [2.05, 4.69) is 5.32 Å². The highest BCUT2D eigenvalue weighted by molar-refractivity contribution is 5.85. The van der Waals surface area contributed by atoms with E-state index >= 15 is 0 Å². The van der Waals surface area contributed by atoms with Crippen molar-refractivity contribution in [3.05, 3.63) is 0 Å². The van der Waals surface area contributed by atoms with Crippen molar-refractivity contribution in [3.63, 3.8) is 0 Å². The fourth-order valence-corrected chi connectivity index (χ4v) is 1.29. The van der Waals surface area contributed by atoms with Gasteiger partial charge < -0.3 is 10.4 Å². The number of halogens is 1. The number of hydrogen-bond donors (Lipinski definition) is 2. The van der Waals surface area contributed by atoms with Crippen molar-refractivity contribution in [1.82, 2.24) is 5.32 Å². The minimum Gasteiger partial charge on any atom is -0.389 e. The summed E-state index contributed by atoms with van der Waals surface area (Å²) in [7, 11) is 0. The summed E-state index contributed by atoms with van der Waals surface area (Å²) in [6, 6.07) is 0.317. The number of rotatable bonds is 1. The molecule has 1 fully saturated rings. The van der Waals surface area contributed by atoms with Gasteiger partial charge in [-0.1, -0.05) is 0 Å². The summed E-state index contributed by atoms with van der Waals surface area (Å²) in [6.07, 6.45) is 2.32. The normalized spacial score (nSPS) is 26.1. The Morgan fingerprint density at radius 1 is 1.50 bits per heavy atom. The van der Waals surface area contributed by atoms with Gasteiger partial charge in [-0.2, -0.15) is 0 Å². The van der Waals surface area contributed by atoms with Gasteiger partial charge in [0.2, 0.25) is 0 Å². The number of nitrogens with one attached hydrogen (secondary N) is 1. The van der Waals surface area contributed by atoms with Crippen LogP contribution in [-0.2, 0) is 0 Å². The molecule has 3 heteroatoms. The Bertz CT molecular complexity index is 94.3. The van der Waals surface area contributed by atoms with Crippen molar-refractivity contribution in [3.8, 4) is 0 Å². The van der Waals surface area contributed by atoms with Crippen LogP contribution >= 0.6 is 12.4 Å². The van der Waals surface area contributed by atoms with Crippen LogP contribution in [0, 0.1) is 0 Å². The first-order valence-electron chi connectivity index (χ1n) is 3.56. The van der Waals surface area contributed by atoms with Crippen molar-refractivity contribution in [1.29, 1.82) is 0 Å². The topological polar surface area (TPSA) is 32.3 Å². The molecule has 1 aliphatic heterocycles. The molecule has 2 nitrogen and oxygen atoms in total. The summed E-state index contributed by atoms with van der Waals surface area (Å²) in [5, 5.41) is 12.7. The number of hydrogen-bond acceptors (Lipinski definition) is 2. The molecule has 1 saturated heterocycles. The third kappa shape index (κ3) is 2.45. The van der Waals surface area contributed by atoms with Gasteiger partial charge in [-0.3, -0.25) is 0 Å². The van der Waals surface area contributed by atoms with Crippen molar-refractivity contribution in [2.24, 2.45) is 0 Å². The molecule has 0 spiro atoms. The van der Waals surface area contributed by atoms with Gasteiger partial charge in [0, 0.05) is 6.04 Å². The molecule has 0 aromatic carbocycles. The lowest BCUT2D eigenvalue weighted by Gasteiger charge is -2.25. The summed E-state index contributed by atoms with van der Waals surface area (Å²) < 4.78 is 0. The average Bonchev–Trinajstić information content (AvgIpc) is 2.08. The summed E-state index contributed by atoms with van der Waals surface area (Å²) in [6.45, 7) is 4.78. The molecule has 0 bridgehead atoms. The Kier molecular flexibility index (Phi) is 3.63. The molecule has 1 heterocycles. The van der Waals surface area contributed by atoms with Crippen molar-refractivity contribution in [2.45, 2.75) is 38.3 Å². The predicted octanol–water partition coefficient (Wildman–Crippen LogP) is 0.931. The van der Waals surface area contributed by atoms with Gasteiger partial charge in [-0.15, -0.1) is 12.4 Å². The zero-order valence-corrected chi connectivity index (χ0v) is 7.37. The smallest absolute Gasteiger partial charge is 0.0744 e. The quantitative estimate of drug-likeness (QED) is 0.606. The van der Waals surface area contributed by atoms with E-state index in [0.29, 0.717) is 6.04 Å². The third-order valence-corrected chi connectivity index (χ3v) is 1.91. The Balaban J connectivity index is 0.000000810. The lowest BCUT2D eigenvalue weighted by molar-refractivity contribution is 0.0449. The Morgan fingerprint density at radius 3 is 2.30 bits per heavy atom. The molecular weight excluding hydrogens is 150 g/mol. The second-order valence-electron chi connectivity index (χ2n) is 3.30. The molecule has 0 aliphatic carbocycles. The molecule has 2 N–H and O–H groups in total. The molecule has 0 amide bonds. The first-order valence-corrected chi connectivity index (χ1v) is 3.56. The highest BCUT2D eigenvalue weighted by Crippen LogP contribution is 2.17. The van der Waals surface area contributed by atoms with Crippen LogP contribution in [0.2, 0.25) is 0 Å². The maximum absolute atomic E-state index is 9.45. The first-order chi connectivity index (χ1) is 4.11. The van der Waals surface area contributed by atoms with Gasteiger partial charge in [0.15, 0.2) is 0 Å². The van der Waals surface area contributed by atoms with Gasteiger partial charge in [0.1, 0.15) is 0 Å². The van der Waals surface area contributed by atoms with Crippen LogP contribution < -0.4 is 5.32 Å². The molecule has 0 unspecified atom stereocenters. The third-order valence-electron chi connectivity index (χ3n) is 1.91. The fraction of sp³-hybridized carbons (Fsp3) is 1.00. The largest absolute Gasteiger partial charge is 0.389 e. The van der Waals surface area contributed by atoms with Crippen LogP contribution in [0.5, 0.6) is 0 Å². The van der Waals surface area contributed by atoms with Crippen molar-refractivity contribution < 1.29 is 5.11 Å². The Hall–Kier alpha value is 0.210. The minimum absolute atomic E-state index is 0. The van der Waals surface area contributed by atoms with Gasteiger partial charge in [-0.25, -0.2) is 0 Å². The van der Waals surface area contributed by atoms with E-state index in [1.807, 2.05) is 13.8 Å². The molecule has 0 aromatic heterocycles. The highest BCUT2D eigenvalue weighted by atomic mass is 35.5. The highest BCUT2D eigenvalue weighted by Gasteiger charge is 2.28. The van der Waals surface area contributed by atoms with Crippen LogP contribution in [0.1, 0.15) is 26.7 Å². The van der Waals surface area contributed by atoms with Crippen LogP contribution in [-0.4, -0.2) is 23.3 Å². The van der Waals surface area contributed by atoms with E-state index in [9.17, 15) is 5.11 Å². The first kappa shape index (κ1) is 10.2. The van der Waals surface area contributed by atoms with Crippen molar-refractivity contribution in [2.75, 3.05) is 6.54 Å². The van der Waals surface area contributed by atoms with E-state index in [-0.39, 0.29) is 12.4 Å². The van der Waals surface area contributed by atoms with Crippen LogP contribution in [0.15, 0.2) is 0 Å². The molecule has 0 radical (unpaired) electrons. The van der Waals surface area contributed by atoms with Gasteiger partial charge in [0.05, 0.1) is 5.60 Å². The second-order valence-corrected chi connectivity index (χ2v) is 3.30. The molecule has 0 aromatic rings. The zero-order valence-electron chi connectivity index (χ0n) is 6.55. The number of aliphatic hydroxyl groups is 1. The summed E-state index contributed by atoms with van der Waals surface area (Å²) in [4.78, 5) is 0. The van der Waals surface area contributed by atoms with E-state index in [4.69, 9.17) is 0 Å². The maximum Gasteiger partial charge on any atom is 0.0744 e. The SMILES string of the molecule is CC(C)(O)[C@@H]1CCCN1.Cl. The molecule has 1 aliphatic rings. The molecule has 0 saturated carbocycles. The lowest BCUT2D eigenvalue weighted by atomic mass is 9.98. The average molecular weight is 166 g/mol. The van der Waals surface area contributed by atoms with Crippen LogP contribution in [0.4, 0.5) is 0 Å². The van der Waals surface area contributed by atoms with Gasteiger partial charge in [0.25, 0.3) is 0 Å². The Morgan fingerprint density at radius 2 is 2.10 bits per heavy atom. The van der Waals surface area contributed by atoms with E-state index in [1.54, 1.807) is 0 Å². The van der Waals surface area contributed by atoms with Gasteiger partial charge in [-0.05, 0) is 33.2 Å². The summed E-state index contributed by atoms with van der Waals surface area (Å²) in [5.41, 5.74) is -0.531. The fourth-order valence-electron chi connectivity index (χ4n) is 1.29. The van der Waals surface area contributed by atoms with Crippen LogP contribution in [0.3, 0.4) is 0 Å². The van der Waals surface area contributed by atoms with Crippen molar-refractivity contribution >= 4 is 12.4 Å². The molecule has 10 heavy (non-hydrogen) atoms. The van der Waals surface area contributed by atoms with E-state index in [0.717, 1.165) is 13.0 Å². The molecule has 62 valence electrons. The maximum atomic E-state index is 9.45. The lowest BCUT2D eigenvalue weighted by Crippen LogP contribution is -2.42. The van der Waals surface area contributed by atoms with Crippen LogP contribution in [0.25, 0.3) is 0 Å². The summed E-state index contributed by atoms with van der Waals surface area (Å²) >= 11 is 0.